The van der Waals surface area contributed by atoms with Crippen molar-refractivity contribution in [3.8, 4) is 16.9 Å². The van der Waals surface area contributed by atoms with E-state index < -0.39 is 23.6 Å². The Morgan fingerprint density at radius 2 is 1.37 bits per heavy atom. The molecule has 0 saturated carbocycles. The number of benzene rings is 4. The third kappa shape index (κ3) is 7.40. The van der Waals surface area contributed by atoms with Crippen molar-refractivity contribution in [2.75, 3.05) is 13.7 Å². The second-order valence-corrected chi connectivity index (χ2v) is 12.2. The highest BCUT2D eigenvalue weighted by Gasteiger charge is 2.38. The summed E-state index contributed by atoms with van der Waals surface area (Å²) < 4.78 is 11.6. The van der Waals surface area contributed by atoms with Gasteiger partial charge in [0.1, 0.15) is 30.5 Å². The highest BCUT2D eigenvalue weighted by molar-refractivity contribution is 5.94. The number of ether oxygens (including phenoxy) is 2. The molecule has 238 valence electrons. The van der Waals surface area contributed by atoms with Crippen LogP contribution < -0.4 is 20.7 Å². The molecule has 0 aliphatic heterocycles. The molecule has 0 spiro atoms. The molecule has 2 atom stereocenters. The second-order valence-electron chi connectivity index (χ2n) is 12.2. The van der Waals surface area contributed by atoms with E-state index in [2.05, 4.69) is 40.2 Å². The standard InChI is InChI=1S/C38H41N3O5/c1-25(2)34(40-37(44)46-24-33-31-16-10-8-14-29(31)30-15-9-11-17-32(30)33)35(42)41-38(3,36(43)39-4)22-26-18-20-28(21-19-26)45-23-27-12-6-5-7-13-27/h5-21,25,33-34H,22-24H2,1-4H3,(H,39,43)(H,40,44)(H,41,42)/t34-,38-/m0/s1. The number of nitrogens with one attached hydrogen (secondary N) is 3. The number of alkyl carbamates (subject to hydrolysis) is 1. The normalized spacial score (nSPS) is 13.9. The largest absolute Gasteiger partial charge is 0.489 e. The fraction of sp³-hybridized carbons (Fsp3) is 0.289. The molecule has 5 rings (SSSR count). The Balaban J connectivity index is 1.21. The van der Waals surface area contributed by atoms with Crippen molar-refractivity contribution in [3.63, 3.8) is 0 Å². The lowest BCUT2D eigenvalue weighted by molar-refractivity contribution is -0.134. The van der Waals surface area contributed by atoms with Gasteiger partial charge in [-0.15, -0.1) is 0 Å². The molecule has 0 bridgehead atoms. The van der Waals surface area contributed by atoms with E-state index in [4.69, 9.17) is 9.47 Å². The molecule has 4 aromatic carbocycles. The van der Waals surface area contributed by atoms with E-state index in [1.165, 1.54) is 7.05 Å². The first-order valence-electron chi connectivity index (χ1n) is 15.6. The third-order valence-corrected chi connectivity index (χ3v) is 8.42. The van der Waals surface area contributed by atoms with E-state index in [0.717, 1.165) is 33.4 Å². The second kappa shape index (κ2) is 14.3. The minimum atomic E-state index is -1.28. The van der Waals surface area contributed by atoms with Crippen LogP contribution in [0.25, 0.3) is 11.1 Å². The number of hydrogen-bond acceptors (Lipinski definition) is 5. The topological polar surface area (TPSA) is 106 Å². The van der Waals surface area contributed by atoms with Gasteiger partial charge in [-0.2, -0.15) is 0 Å². The molecule has 4 aromatic rings. The number of rotatable bonds is 12. The lowest BCUT2D eigenvalue weighted by Crippen LogP contribution is -2.62. The van der Waals surface area contributed by atoms with Crippen LogP contribution in [0.15, 0.2) is 103 Å². The van der Waals surface area contributed by atoms with E-state index >= 15 is 0 Å². The molecule has 3 N–H and O–H groups in total. The molecule has 0 saturated heterocycles. The third-order valence-electron chi connectivity index (χ3n) is 8.42. The molecule has 0 heterocycles. The van der Waals surface area contributed by atoms with Crippen LogP contribution in [0, 0.1) is 5.92 Å². The van der Waals surface area contributed by atoms with Crippen LogP contribution in [0.2, 0.25) is 0 Å². The predicted molar refractivity (Wildman–Crippen MR) is 178 cm³/mol. The van der Waals surface area contributed by atoms with Crippen molar-refractivity contribution in [2.24, 2.45) is 5.92 Å². The van der Waals surface area contributed by atoms with Crippen molar-refractivity contribution in [2.45, 2.75) is 51.3 Å². The maximum Gasteiger partial charge on any atom is 0.407 e. The molecule has 46 heavy (non-hydrogen) atoms. The van der Waals surface area contributed by atoms with E-state index in [9.17, 15) is 14.4 Å². The number of amides is 3. The zero-order chi connectivity index (χ0) is 32.7. The molecule has 1 aliphatic carbocycles. The number of hydrogen-bond donors (Lipinski definition) is 3. The lowest BCUT2D eigenvalue weighted by Gasteiger charge is -2.32. The first-order chi connectivity index (χ1) is 22.2. The van der Waals surface area contributed by atoms with Gasteiger partial charge in [0.2, 0.25) is 11.8 Å². The smallest absolute Gasteiger partial charge is 0.407 e. The Kier molecular flexibility index (Phi) is 10.1. The average molecular weight is 620 g/mol. The van der Waals surface area contributed by atoms with Crippen LogP contribution >= 0.6 is 0 Å². The van der Waals surface area contributed by atoms with E-state index in [1.54, 1.807) is 6.92 Å². The van der Waals surface area contributed by atoms with Crippen molar-refractivity contribution in [3.05, 3.63) is 125 Å². The van der Waals surface area contributed by atoms with E-state index in [1.807, 2.05) is 92.7 Å². The fourth-order valence-corrected chi connectivity index (χ4v) is 5.96. The van der Waals surface area contributed by atoms with Crippen LogP contribution in [-0.4, -0.2) is 43.1 Å². The molecule has 1 aliphatic rings. The number of carbonyl (C=O) groups is 3. The Hall–Kier alpha value is -5.11. The summed E-state index contributed by atoms with van der Waals surface area (Å²) in [6.45, 7) is 5.92. The van der Waals surface area contributed by atoms with Gasteiger partial charge in [0.25, 0.3) is 0 Å². The lowest BCUT2D eigenvalue weighted by atomic mass is 9.90. The fourth-order valence-electron chi connectivity index (χ4n) is 5.96. The van der Waals surface area contributed by atoms with Crippen LogP contribution in [0.3, 0.4) is 0 Å². The average Bonchev–Trinajstić information content (AvgIpc) is 3.39. The Bertz CT molecular complexity index is 1630. The van der Waals surface area contributed by atoms with Crippen molar-refractivity contribution >= 4 is 17.9 Å². The number of fused-ring (bicyclic) bond motifs is 3. The number of carbonyl (C=O) groups excluding carboxylic acids is 3. The molecule has 0 aromatic heterocycles. The van der Waals surface area contributed by atoms with Crippen molar-refractivity contribution in [1.29, 1.82) is 0 Å². The summed E-state index contributed by atoms with van der Waals surface area (Å²) in [4.78, 5) is 39.8. The monoisotopic (exact) mass is 619 g/mol. The molecule has 0 fully saturated rings. The summed E-state index contributed by atoms with van der Waals surface area (Å²) in [5.74, 6) is -0.497. The highest BCUT2D eigenvalue weighted by atomic mass is 16.5. The van der Waals surface area contributed by atoms with Crippen LogP contribution in [0.4, 0.5) is 4.79 Å². The summed E-state index contributed by atoms with van der Waals surface area (Å²) in [5, 5.41) is 8.32. The molecule has 3 amide bonds. The summed E-state index contributed by atoms with van der Waals surface area (Å²) >= 11 is 0. The van der Waals surface area contributed by atoms with E-state index in [-0.39, 0.29) is 30.8 Å². The zero-order valence-electron chi connectivity index (χ0n) is 26.7. The molecule has 0 unspecified atom stereocenters. The van der Waals surface area contributed by atoms with Gasteiger partial charge in [-0.3, -0.25) is 9.59 Å². The van der Waals surface area contributed by atoms with Gasteiger partial charge in [0.05, 0.1) is 0 Å². The molecule has 8 nitrogen and oxygen atoms in total. The van der Waals surface area contributed by atoms with Gasteiger partial charge in [0, 0.05) is 19.4 Å². The van der Waals surface area contributed by atoms with Gasteiger partial charge < -0.3 is 25.4 Å². The zero-order valence-corrected chi connectivity index (χ0v) is 26.7. The van der Waals surface area contributed by atoms with Crippen molar-refractivity contribution < 1.29 is 23.9 Å². The summed E-state index contributed by atoms with van der Waals surface area (Å²) in [6.07, 6.45) is -0.462. The van der Waals surface area contributed by atoms with Gasteiger partial charge in [-0.05, 0) is 58.4 Å². The van der Waals surface area contributed by atoms with Crippen LogP contribution in [-0.2, 0) is 27.4 Å². The molecular formula is C38H41N3O5. The first-order valence-corrected chi connectivity index (χ1v) is 15.6. The minimum absolute atomic E-state index is 0.101. The van der Waals surface area contributed by atoms with Gasteiger partial charge in [0.15, 0.2) is 0 Å². The van der Waals surface area contributed by atoms with E-state index in [0.29, 0.717) is 12.4 Å². The predicted octanol–water partition coefficient (Wildman–Crippen LogP) is 5.99. The van der Waals surface area contributed by atoms with Gasteiger partial charge in [-0.25, -0.2) is 4.79 Å². The van der Waals surface area contributed by atoms with Gasteiger partial charge in [-0.1, -0.05) is 105 Å². The molecular weight excluding hydrogens is 578 g/mol. The molecule has 8 heteroatoms. The Morgan fingerprint density at radius 1 is 0.783 bits per heavy atom. The summed E-state index contributed by atoms with van der Waals surface area (Å²) in [5.41, 5.74) is 5.09. The summed E-state index contributed by atoms with van der Waals surface area (Å²) in [6, 6.07) is 32.6. The van der Waals surface area contributed by atoms with Gasteiger partial charge >= 0.3 is 6.09 Å². The quantitative estimate of drug-likeness (QED) is 0.181. The van der Waals surface area contributed by atoms with Crippen LogP contribution in [0.5, 0.6) is 5.75 Å². The Labute approximate surface area is 270 Å². The summed E-state index contributed by atoms with van der Waals surface area (Å²) in [7, 11) is 1.53. The van der Waals surface area contributed by atoms with Crippen molar-refractivity contribution in [1.82, 2.24) is 16.0 Å². The number of likely N-dealkylation sites (N-methyl/N-ethyl adjacent to an activating group) is 1. The minimum Gasteiger partial charge on any atom is -0.489 e. The Morgan fingerprint density at radius 3 is 1.96 bits per heavy atom. The highest BCUT2D eigenvalue weighted by Crippen LogP contribution is 2.44. The maximum atomic E-state index is 13.6. The molecule has 0 radical (unpaired) electrons. The first kappa shape index (κ1) is 32.3. The maximum absolute atomic E-state index is 13.6. The SMILES string of the molecule is CNC(=O)[C@](C)(Cc1ccc(OCc2ccccc2)cc1)NC(=O)[C@@H](NC(=O)OCC1c2ccccc2-c2ccccc21)C(C)C. The van der Waals surface area contributed by atoms with Crippen LogP contribution in [0.1, 0.15) is 48.9 Å².